The number of carbonyl (C=O) groups excluding carboxylic acids is 1. The largest absolute Gasteiger partial charge is 0.349 e. The predicted molar refractivity (Wildman–Crippen MR) is 63.9 cm³/mol. The summed E-state index contributed by atoms with van der Waals surface area (Å²) in [6.45, 7) is 3.18. The molecule has 1 aromatic rings. The van der Waals surface area contributed by atoms with Crippen LogP contribution in [-0.4, -0.2) is 19.0 Å². The Morgan fingerprint density at radius 2 is 2.28 bits per heavy atom. The van der Waals surface area contributed by atoms with Gasteiger partial charge in [-0.2, -0.15) is 0 Å². The van der Waals surface area contributed by atoms with Gasteiger partial charge in [0.25, 0.3) is 0 Å². The third kappa shape index (κ3) is 2.85. The lowest BCUT2D eigenvalue weighted by molar-refractivity contribution is -0.125. The fourth-order valence-corrected chi connectivity index (χ4v) is 2.14. The number of halogens is 2. The second-order valence-electron chi connectivity index (χ2n) is 4.59. The summed E-state index contributed by atoms with van der Waals surface area (Å²) in [7, 11) is 0. The van der Waals surface area contributed by atoms with E-state index < -0.39 is 17.7 Å². The van der Waals surface area contributed by atoms with Gasteiger partial charge in [-0.25, -0.2) is 8.78 Å². The van der Waals surface area contributed by atoms with Gasteiger partial charge in [0, 0.05) is 18.2 Å². The first-order valence-corrected chi connectivity index (χ1v) is 6.04. The first kappa shape index (κ1) is 13.0. The summed E-state index contributed by atoms with van der Waals surface area (Å²) in [4.78, 5) is 11.9. The molecule has 0 saturated carbocycles. The molecular weight excluding hydrogens is 238 g/mol. The van der Waals surface area contributed by atoms with E-state index in [1.54, 1.807) is 6.92 Å². The quantitative estimate of drug-likeness (QED) is 0.863. The Hall–Kier alpha value is -1.49. The maximum Gasteiger partial charge on any atom is 0.224 e. The molecule has 1 aromatic carbocycles. The number of rotatable bonds is 3. The highest BCUT2D eigenvalue weighted by molar-refractivity contribution is 5.79. The van der Waals surface area contributed by atoms with Crippen LogP contribution in [0.25, 0.3) is 0 Å². The average Bonchev–Trinajstić information content (AvgIpc) is 2.81. The molecule has 2 unspecified atom stereocenters. The monoisotopic (exact) mass is 254 g/mol. The van der Waals surface area contributed by atoms with Crippen molar-refractivity contribution in [3.05, 3.63) is 35.4 Å². The van der Waals surface area contributed by atoms with Crippen molar-refractivity contribution in [2.45, 2.75) is 19.4 Å². The van der Waals surface area contributed by atoms with Gasteiger partial charge in [0.1, 0.15) is 11.6 Å². The maximum atomic E-state index is 13.5. The zero-order chi connectivity index (χ0) is 13.1. The standard InChI is InChI=1S/C13H16F2N2O/c1-8(11-3-2-10(14)6-12(11)15)17-13(18)9-4-5-16-7-9/h2-3,6,8-9,16H,4-5,7H2,1H3,(H,17,18). The van der Waals surface area contributed by atoms with Gasteiger partial charge in [-0.3, -0.25) is 4.79 Å². The average molecular weight is 254 g/mol. The van der Waals surface area contributed by atoms with E-state index >= 15 is 0 Å². The van der Waals surface area contributed by atoms with Crippen LogP contribution in [-0.2, 0) is 4.79 Å². The summed E-state index contributed by atoms with van der Waals surface area (Å²) in [6, 6.07) is 2.93. The third-order valence-electron chi connectivity index (χ3n) is 3.22. The van der Waals surface area contributed by atoms with Gasteiger partial charge in [0.05, 0.1) is 12.0 Å². The lowest BCUT2D eigenvalue weighted by Gasteiger charge is -2.17. The minimum Gasteiger partial charge on any atom is -0.349 e. The lowest BCUT2D eigenvalue weighted by atomic mass is 10.0. The van der Waals surface area contributed by atoms with Gasteiger partial charge in [-0.05, 0) is 26.0 Å². The van der Waals surface area contributed by atoms with Crippen molar-refractivity contribution in [3.63, 3.8) is 0 Å². The number of nitrogens with one attached hydrogen (secondary N) is 2. The second-order valence-corrected chi connectivity index (χ2v) is 4.59. The van der Waals surface area contributed by atoms with Crippen molar-refractivity contribution in [1.82, 2.24) is 10.6 Å². The van der Waals surface area contributed by atoms with Crippen molar-refractivity contribution in [2.24, 2.45) is 5.92 Å². The highest BCUT2D eigenvalue weighted by atomic mass is 19.1. The van der Waals surface area contributed by atoms with Gasteiger partial charge >= 0.3 is 0 Å². The van der Waals surface area contributed by atoms with E-state index in [4.69, 9.17) is 0 Å². The molecule has 1 fully saturated rings. The van der Waals surface area contributed by atoms with Gasteiger partial charge in [0.2, 0.25) is 5.91 Å². The zero-order valence-corrected chi connectivity index (χ0v) is 10.2. The molecule has 2 atom stereocenters. The Kier molecular flexibility index (Phi) is 3.91. The molecule has 1 aliphatic heterocycles. The Morgan fingerprint density at radius 1 is 1.50 bits per heavy atom. The SMILES string of the molecule is CC(NC(=O)C1CCNC1)c1ccc(F)cc1F. The molecule has 0 bridgehead atoms. The van der Waals surface area contributed by atoms with Gasteiger partial charge in [-0.15, -0.1) is 0 Å². The van der Waals surface area contributed by atoms with E-state index in [0.717, 1.165) is 19.0 Å². The molecule has 0 aliphatic carbocycles. The molecule has 0 aromatic heterocycles. The van der Waals surface area contributed by atoms with Crippen molar-refractivity contribution >= 4 is 5.91 Å². The molecule has 3 nitrogen and oxygen atoms in total. The van der Waals surface area contributed by atoms with Crippen LogP contribution >= 0.6 is 0 Å². The summed E-state index contributed by atoms with van der Waals surface area (Å²) in [6.07, 6.45) is 0.796. The van der Waals surface area contributed by atoms with Gasteiger partial charge < -0.3 is 10.6 Å². The van der Waals surface area contributed by atoms with Crippen molar-refractivity contribution in [1.29, 1.82) is 0 Å². The predicted octanol–water partition coefficient (Wildman–Crippen LogP) is 1.75. The van der Waals surface area contributed by atoms with Crippen molar-refractivity contribution in [3.8, 4) is 0 Å². The summed E-state index contributed by atoms with van der Waals surface area (Å²) >= 11 is 0. The third-order valence-corrected chi connectivity index (χ3v) is 3.22. The molecular formula is C13H16F2N2O. The Balaban J connectivity index is 2.02. The molecule has 0 radical (unpaired) electrons. The van der Waals surface area contributed by atoms with E-state index in [1.165, 1.54) is 12.1 Å². The molecule has 98 valence electrons. The molecule has 1 saturated heterocycles. The smallest absolute Gasteiger partial charge is 0.224 e. The number of hydrogen-bond donors (Lipinski definition) is 2. The highest BCUT2D eigenvalue weighted by Crippen LogP contribution is 2.19. The summed E-state index contributed by atoms with van der Waals surface area (Å²) in [5.41, 5.74) is 0.302. The second kappa shape index (κ2) is 5.44. The highest BCUT2D eigenvalue weighted by Gasteiger charge is 2.24. The molecule has 1 aliphatic rings. The minimum atomic E-state index is -0.632. The molecule has 5 heteroatoms. The maximum absolute atomic E-state index is 13.5. The zero-order valence-electron chi connectivity index (χ0n) is 10.2. The Bertz CT molecular complexity index is 445. The van der Waals surface area contributed by atoms with Crippen LogP contribution in [0.3, 0.4) is 0 Å². The molecule has 0 spiro atoms. The van der Waals surface area contributed by atoms with Gasteiger partial charge in [-0.1, -0.05) is 6.07 Å². The Morgan fingerprint density at radius 3 is 2.89 bits per heavy atom. The van der Waals surface area contributed by atoms with E-state index in [0.29, 0.717) is 12.1 Å². The van der Waals surface area contributed by atoms with E-state index in [1.807, 2.05) is 0 Å². The molecule has 2 N–H and O–H groups in total. The first-order chi connectivity index (χ1) is 8.58. The van der Waals surface area contributed by atoms with Crippen LogP contribution in [0.15, 0.2) is 18.2 Å². The van der Waals surface area contributed by atoms with Crippen LogP contribution in [0.1, 0.15) is 24.9 Å². The normalized spacial score (nSPS) is 20.7. The number of amides is 1. The van der Waals surface area contributed by atoms with Crippen LogP contribution in [0, 0.1) is 17.6 Å². The topological polar surface area (TPSA) is 41.1 Å². The van der Waals surface area contributed by atoms with Crippen LogP contribution < -0.4 is 10.6 Å². The van der Waals surface area contributed by atoms with E-state index in [-0.39, 0.29) is 11.8 Å². The lowest BCUT2D eigenvalue weighted by Crippen LogP contribution is -2.34. The van der Waals surface area contributed by atoms with Gasteiger partial charge in [0.15, 0.2) is 0 Å². The van der Waals surface area contributed by atoms with Crippen molar-refractivity contribution in [2.75, 3.05) is 13.1 Å². The summed E-state index contributed by atoms with van der Waals surface area (Å²) < 4.78 is 26.3. The summed E-state index contributed by atoms with van der Waals surface area (Å²) in [5, 5.41) is 5.86. The minimum absolute atomic E-state index is 0.0593. The van der Waals surface area contributed by atoms with Crippen LogP contribution in [0.2, 0.25) is 0 Å². The molecule has 1 amide bonds. The summed E-state index contributed by atoms with van der Waals surface area (Å²) in [5.74, 6) is -1.39. The van der Waals surface area contributed by atoms with Crippen LogP contribution in [0.4, 0.5) is 8.78 Å². The molecule has 2 rings (SSSR count). The number of benzene rings is 1. The van der Waals surface area contributed by atoms with E-state index in [2.05, 4.69) is 10.6 Å². The number of hydrogen-bond acceptors (Lipinski definition) is 2. The van der Waals surface area contributed by atoms with Crippen molar-refractivity contribution < 1.29 is 13.6 Å². The molecule has 18 heavy (non-hydrogen) atoms. The number of carbonyl (C=O) groups is 1. The molecule has 1 heterocycles. The van der Waals surface area contributed by atoms with E-state index in [9.17, 15) is 13.6 Å². The Labute approximate surface area is 105 Å². The van der Waals surface area contributed by atoms with Crippen LogP contribution in [0.5, 0.6) is 0 Å². The first-order valence-electron chi connectivity index (χ1n) is 6.04. The fourth-order valence-electron chi connectivity index (χ4n) is 2.14. The fraction of sp³-hybridized carbons (Fsp3) is 0.462.